The fourth-order valence-corrected chi connectivity index (χ4v) is 2.95. The summed E-state index contributed by atoms with van der Waals surface area (Å²) in [5.41, 5.74) is -0.561. The van der Waals surface area contributed by atoms with Crippen molar-refractivity contribution in [2.45, 2.75) is 57.8 Å². The normalized spacial score (nSPS) is 25.7. The minimum Gasteiger partial charge on any atom is -0.444 e. The van der Waals surface area contributed by atoms with Crippen LogP contribution in [-0.4, -0.2) is 72.3 Å². The van der Waals surface area contributed by atoms with Crippen LogP contribution in [-0.2, 0) is 9.53 Å². The van der Waals surface area contributed by atoms with Crippen LogP contribution < -0.4 is 5.32 Å². The molecule has 7 heteroatoms. The topological polar surface area (TPSA) is 61.9 Å². The predicted octanol–water partition coefficient (Wildman–Crippen LogP) is 1.55. The van der Waals surface area contributed by atoms with Gasteiger partial charge in [-0.3, -0.25) is 9.69 Å². The second kappa shape index (κ2) is 7.47. The molecule has 2 saturated heterocycles. The minimum atomic E-state index is -0.980. The molecule has 2 rings (SSSR count). The Morgan fingerprint density at radius 1 is 1.26 bits per heavy atom. The molecule has 2 atom stereocenters. The van der Waals surface area contributed by atoms with Crippen molar-refractivity contribution in [1.82, 2.24) is 15.1 Å². The lowest BCUT2D eigenvalue weighted by Crippen LogP contribution is -2.57. The van der Waals surface area contributed by atoms with Crippen molar-refractivity contribution in [3.05, 3.63) is 0 Å². The molecule has 23 heavy (non-hydrogen) atoms. The van der Waals surface area contributed by atoms with Crippen LogP contribution in [0.3, 0.4) is 0 Å². The van der Waals surface area contributed by atoms with E-state index in [1.54, 1.807) is 25.7 Å². The van der Waals surface area contributed by atoms with E-state index >= 15 is 0 Å². The van der Waals surface area contributed by atoms with Gasteiger partial charge in [0.05, 0.1) is 6.54 Å². The van der Waals surface area contributed by atoms with Crippen LogP contribution >= 0.6 is 0 Å². The zero-order valence-electron chi connectivity index (χ0n) is 14.3. The van der Waals surface area contributed by atoms with Gasteiger partial charge in [-0.15, -0.1) is 0 Å². The van der Waals surface area contributed by atoms with Gasteiger partial charge in [-0.05, 0) is 46.7 Å². The summed E-state index contributed by atoms with van der Waals surface area (Å²) in [7, 11) is 0. The number of ether oxygens (including phenoxy) is 1. The molecular weight excluding hydrogens is 301 g/mol. The highest BCUT2D eigenvalue weighted by atomic mass is 19.1. The van der Waals surface area contributed by atoms with E-state index in [0.717, 1.165) is 19.5 Å². The van der Waals surface area contributed by atoms with Gasteiger partial charge in [-0.25, -0.2) is 9.18 Å². The number of carbonyl (C=O) groups is 2. The van der Waals surface area contributed by atoms with Gasteiger partial charge in [0.25, 0.3) is 0 Å². The first-order chi connectivity index (χ1) is 10.8. The molecule has 2 aliphatic heterocycles. The SMILES string of the molecule is CC(C)(C)OC(=O)NCCC(=O)N1CC[C@H](N2CCC2)[C@H](F)C1. The van der Waals surface area contributed by atoms with E-state index in [0.29, 0.717) is 13.0 Å². The number of alkyl halides is 1. The quantitative estimate of drug-likeness (QED) is 0.850. The molecule has 132 valence electrons. The van der Waals surface area contributed by atoms with E-state index < -0.39 is 17.9 Å². The summed E-state index contributed by atoms with van der Waals surface area (Å²) in [4.78, 5) is 27.4. The summed E-state index contributed by atoms with van der Waals surface area (Å²) in [5.74, 6) is -0.120. The van der Waals surface area contributed by atoms with Crippen LogP contribution in [0, 0.1) is 0 Å². The van der Waals surface area contributed by atoms with Crippen LogP contribution in [0.25, 0.3) is 0 Å². The summed E-state index contributed by atoms with van der Waals surface area (Å²) >= 11 is 0. The fourth-order valence-electron chi connectivity index (χ4n) is 2.95. The number of amides is 2. The highest BCUT2D eigenvalue weighted by Crippen LogP contribution is 2.24. The highest BCUT2D eigenvalue weighted by molar-refractivity contribution is 5.77. The average Bonchev–Trinajstić information content (AvgIpc) is 2.36. The minimum absolute atomic E-state index is 0.0345. The van der Waals surface area contributed by atoms with Gasteiger partial charge in [-0.2, -0.15) is 0 Å². The molecule has 0 spiro atoms. The summed E-state index contributed by atoms with van der Waals surface area (Å²) in [6.45, 7) is 8.23. The zero-order valence-corrected chi connectivity index (χ0v) is 14.3. The van der Waals surface area contributed by atoms with Crippen molar-refractivity contribution < 1.29 is 18.7 Å². The third-order valence-corrected chi connectivity index (χ3v) is 4.23. The van der Waals surface area contributed by atoms with Crippen LogP contribution in [0.2, 0.25) is 0 Å². The molecule has 2 heterocycles. The molecule has 2 aliphatic rings. The summed E-state index contributed by atoms with van der Waals surface area (Å²) in [5, 5.41) is 2.56. The first kappa shape index (κ1) is 18.0. The fraction of sp³-hybridized carbons (Fsp3) is 0.875. The van der Waals surface area contributed by atoms with Gasteiger partial charge in [0, 0.05) is 25.6 Å². The van der Waals surface area contributed by atoms with Crippen molar-refractivity contribution in [1.29, 1.82) is 0 Å². The van der Waals surface area contributed by atoms with E-state index in [-0.39, 0.29) is 31.5 Å². The van der Waals surface area contributed by atoms with Gasteiger partial charge in [0.1, 0.15) is 11.8 Å². The molecule has 0 bridgehead atoms. The first-order valence-electron chi connectivity index (χ1n) is 8.39. The van der Waals surface area contributed by atoms with Crippen molar-refractivity contribution in [2.24, 2.45) is 0 Å². The lowest BCUT2D eigenvalue weighted by Gasteiger charge is -2.44. The molecule has 0 saturated carbocycles. The standard InChI is InChI=1S/C16H28FN3O3/c1-16(2,3)23-15(22)18-7-5-14(21)20-10-6-13(12(17)11-20)19-8-4-9-19/h12-13H,4-11H2,1-3H3,(H,18,22)/t12-,13+/m1/s1. The van der Waals surface area contributed by atoms with Crippen molar-refractivity contribution >= 4 is 12.0 Å². The lowest BCUT2D eigenvalue weighted by atomic mass is 9.98. The third kappa shape index (κ3) is 5.34. The molecular formula is C16H28FN3O3. The van der Waals surface area contributed by atoms with Gasteiger partial charge in [0.2, 0.25) is 5.91 Å². The average molecular weight is 329 g/mol. The molecule has 1 N–H and O–H groups in total. The van der Waals surface area contributed by atoms with Crippen molar-refractivity contribution in [2.75, 3.05) is 32.7 Å². The maximum atomic E-state index is 14.2. The van der Waals surface area contributed by atoms with Gasteiger partial charge >= 0.3 is 6.09 Å². The zero-order chi connectivity index (χ0) is 17.0. The van der Waals surface area contributed by atoms with Crippen LogP contribution in [0.15, 0.2) is 0 Å². The number of rotatable bonds is 4. The number of nitrogens with one attached hydrogen (secondary N) is 1. The Labute approximate surface area is 137 Å². The maximum absolute atomic E-state index is 14.2. The number of piperidine rings is 1. The summed E-state index contributed by atoms with van der Waals surface area (Å²) in [6.07, 6.45) is 0.478. The Morgan fingerprint density at radius 3 is 2.48 bits per heavy atom. The second-order valence-corrected chi connectivity index (χ2v) is 7.28. The van der Waals surface area contributed by atoms with E-state index in [1.165, 1.54) is 0 Å². The number of carbonyl (C=O) groups excluding carboxylic acids is 2. The molecule has 0 aromatic rings. The Kier molecular flexibility index (Phi) is 5.84. The largest absolute Gasteiger partial charge is 0.444 e. The Balaban J connectivity index is 1.67. The van der Waals surface area contributed by atoms with E-state index in [1.807, 2.05) is 0 Å². The van der Waals surface area contributed by atoms with Crippen LogP contribution in [0.5, 0.6) is 0 Å². The Morgan fingerprint density at radius 2 is 1.96 bits per heavy atom. The molecule has 0 unspecified atom stereocenters. The molecule has 0 aromatic carbocycles. The number of hydrogen-bond donors (Lipinski definition) is 1. The van der Waals surface area contributed by atoms with E-state index in [4.69, 9.17) is 4.74 Å². The van der Waals surface area contributed by atoms with Gasteiger partial charge in [-0.1, -0.05) is 0 Å². The predicted molar refractivity (Wildman–Crippen MR) is 84.9 cm³/mol. The van der Waals surface area contributed by atoms with Crippen molar-refractivity contribution in [3.8, 4) is 0 Å². The number of alkyl carbamates (subject to hydrolysis) is 1. The monoisotopic (exact) mass is 329 g/mol. The lowest BCUT2D eigenvalue weighted by molar-refractivity contribution is -0.135. The van der Waals surface area contributed by atoms with Crippen LogP contribution in [0.1, 0.15) is 40.0 Å². The van der Waals surface area contributed by atoms with Gasteiger partial charge < -0.3 is 15.0 Å². The Bertz CT molecular complexity index is 435. The third-order valence-electron chi connectivity index (χ3n) is 4.23. The number of likely N-dealkylation sites (tertiary alicyclic amines) is 2. The van der Waals surface area contributed by atoms with E-state index in [2.05, 4.69) is 10.2 Å². The Hall–Kier alpha value is -1.37. The van der Waals surface area contributed by atoms with Crippen LogP contribution in [0.4, 0.5) is 9.18 Å². The second-order valence-electron chi connectivity index (χ2n) is 7.28. The summed E-state index contributed by atoms with van der Waals surface area (Å²) in [6, 6.07) is -0.0345. The summed E-state index contributed by atoms with van der Waals surface area (Å²) < 4.78 is 19.3. The first-order valence-corrected chi connectivity index (χ1v) is 8.39. The number of hydrogen-bond acceptors (Lipinski definition) is 4. The maximum Gasteiger partial charge on any atom is 0.407 e. The highest BCUT2D eigenvalue weighted by Gasteiger charge is 2.36. The molecule has 0 aliphatic carbocycles. The van der Waals surface area contributed by atoms with Gasteiger partial charge in [0.15, 0.2) is 0 Å². The number of halogens is 1. The molecule has 6 nitrogen and oxygen atoms in total. The van der Waals surface area contributed by atoms with Crippen molar-refractivity contribution in [3.63, 3.8) is 0 Å². The molecule has 2 amide bonds. The molecule has 0 radical (unpaired) electrons. The van der Waals surface area contributed by atoms with E-state index in [9.17, 15) is 14.0 Å². The number of nitrogens with zero attached hydrogens (tertiary/aromatic N) is 2. The molecule has 2 fully saturated rings. The smallest absolute Gasteiger partial charge is 0.407 e. The molecule has 0 aromatic heterocycles.